The van der Waals surface area contributed by atoms with Gasteiger partial charge in [0.15, 0.2) is 0 Å². The molecule has 0 radical (unpaired) electrons. The van der Waals surface area contributed by atoms with Crippen LogP contribution in [0.4, 0.5) is 0 Å². The van der Waals surface area contributed by atoms with E-state index in [1.165, 1.54) is 5.56 Å². The van der Waals surface area contributed by atoms with Crippen molar-refractivity contribution in [2.24, 2.45) is 13.0 Å². The number of carbonyl (C=O) groups is 2. The SMILES string of the molecule is CN(C(=O)c1ccn(C)n1)[C@@H](Cc1ccccc1)C1CCN(C(=O)c2ccc3nccnc3c2)CC1. The van der Waals surface area contributed by atoms with Crippen LogP contribution in [0.3, 0.4) is 0 Å². The standard InChI is InChI=1S/C28H30N6O2/c1-32-15-12-24(31-32)28(36)33(2)26(18-20-6-4-3-5-7-20)21-10-16-34(17-11-21)27(35)22-8-9-23-25(19-22)30-14-13-29-23/h3-9,12-15,19,21,26H,10-11,16-18H2,1-2H3/t26-/m0/s1. The molecule has 1 saturated heterocycles. The third-order valence-corrected chi connectivity index (χ3v) is 7.13. The molecule has 8 heteroatoms. The van der Waals surface area contributed by atoms with Crippen LogP contribution >= 0.6 is 0 Å². The van der Waals surface area contributed by atoms with Gasteiger partial charge in [-0.05, 0) is 55.0 Å². The first-order chi connectivity index (χ1) is 17.5. The van der Waals surface area contributed by atoms with Crippen LogP contribution in [0.5, 0.6) is 0 Å². The number of likely N-dealkylation sites (tertiary alicyclic amines) is 1. The molecule has 2 aromatic carbocycles. The third kappa shape index (κ3) is 4.98. The number of hydrogen-bond donors (Lipinski definition) is 0. The lowest BCUT2D eigenvalue weighted by molar-refractivity contribution is 0.0519. The van der Waals surface area contributed by atoms with Crippen molar-refractivity contribution >= 4 is 22.8 Å². The first-order valence-electron chi connectivity index (χ1n) is 12.3. The smallest absolute Gasteiger partial charge is 0.274 e. The molecule has 1 aliphatic rings. The molecule has 4 aromatic rings. The lowest BCUT2D eigenvalue weighted by Gasteiger charge is -2.40. The number of hydrogen-bond acceptors (Lipinski definition) is 5. The number of amides is 2. The van der Waals surface area contributed by atoms with E-state index in [-0.39, 0.29) is 23.8 Å². The fourth-order valence-electron chi connectivity index (χ4n) is 5.10. The van der Waals surface area contributed by atoms with Gasteiger partial charge in [-0.1, -0.05) is 30.3 Å². The predicted octanol–water partition coefficient (Wildman–Crippen LogP) is 3.60. The monoisotopic (exact) mass is 482 g/mol. The molecule has 36 heavy (non-hydrogen) atoms. The fourth-order valence-corrected chi connectivity index (χ4v) is 5.10. The maximum Gasteiger partial charge on any atom is 0.274 e. The Labute approximate surface area is 210 Å². The number of aromatic nitrogens is 4. The van der Waals surface area contributed by atoms with Crippen molar-refractivity contribution in [2.45, 2.75) is 25.3 Å². The molecule has 1 atom stereocenters. The van der Waals surface area contributed by atoms with Crippen LogP contribution in [0, 0.1) is 5.92 Å². The van der Waals surface area contributed by atoms with Gasteiger partial charge < -0.3 is 9.80 Å². The van der Waals surface area contributed by atoms with Crippen LogP contribution in [-0.4, -0.2) is 67.5 Å². The van der Waals surface area contributed by atoms with Crippen molar-refractivity contribution in [1.82, 2.24) is 29.5 Å². The fraction of sp³-hybridized carbons (Fsp3) is 0.321. The summed E-state index contributed by atoms with van der Waals surface area (Å²) in [7, 11) is 3.69. The minimum absolute atomic E-state index is 0.00935. The highest BCUT2D eigenvalue weighted by atomic mass is 16.2. The summed E-state index contributed by atoms with van der Waals surface area (Å²) in [4.78, 5) is 38.9. The Kier molecular flexibility index (Phi) is 6.75. The summed E-state index contributed by atoms with van der Waals surface area (Å²) in [5.74, 6) is 0.209. The number of carbonyl (C=O) groups excluding carboxylic acids is 2. The summed E-state index contributed by atoms with van der Waals surface area (Å²) in [6.07, 6.45) is 7.49. The zero-order valence-electron chi connectivity index (χ0n) is 20.6. The number of aryl methyl sites for hydroxylation is 1. The molecule has 1 aliphatic heterocycles. The molecule has 2 aromatic heterocycles. The van der Waals surface area contributed by atoms with Crippen LogP contribution in [0.25, 0.3) is 11.0 Å². The second-order valence-electron chi connectivity index (χ2n) is 9.44. The van der Waals surface area contributed by atoms with Crippen molar-refractivity contribution in [2.75, 3.05) is 20.1 Å². The van der Waals surface area contributed by atoms with Crippen LogP contribution in [0.1, 0.15) is 39.3 Å². The van der Waals surface area contributed by atoms with E-state index in [0.717, 1.165) is 30.3 Å². The van der Waals surface area contributed by atoms with Crippen molar-refractivity contribution < 1.29 is 9.59 Å². The number of piperidine rings is 1. The van der Waals surface area contributed by atoms with E-state index in [4.69, 9.17) is 0 Å². The van der Waals surface area contributed by atoms with E-state index in [1.54, 1.807) is 29.3 Å². The van der Waals surface area contributed by atoms with Crippen molar-refractivity contribution in [3.63, 3.8) is 0 Å². The number of fused-ring (bicyclic) bond motifs is 1. The molecule has 0 N–H and O–H groups in total. The highest BCUT2D eigenvalue weighted by molar-refractivity contribution is 5.97. The first-order valence-corrected chi connectivity index (χ1v) is 12.3. The summed E-state index contributed by atoms with van der Waals surface area (Å²) in [6, 6.07) is 17.5. The molecule has 8 nitrogen and oxygen atoms in total. The predicted molar refractivity (Wildman–Crippen MR) is 137 cm³/mol. The minimum Gasteiger partial charge on any atom is -0.339 e. The highest BCUT2D eigenvalue weighted by Crippen LogP contribution is 2.28. The molecule has 3 heterocycles. The summed E-state index contributed by atoms with van der Waals surface area (Å²) in [6.45, 7) is 1.30. The maximum atomic E-state index is 13.3. The van der Waals surface area contributed by atoms with E-state index in [0.29, 0.717) is 24.3 Å². The molecule has 0 aliphatic carbocycles. The second-order valence-corrected chi connectivity index (χ2v) is 9.44. The normalized spacial score (nSPS) is 15.1. The average molecular weight is 483 g/mol. The van der Waals surface area contributed by atoms with E-state index >= 15 is 0 Å². The van der Waals surface area contributed by atoms with Gasteiger partial charge in [0, 0.05) is 57.4 Å². The Morgan fingerprint density at radius 2 is 1.72 bits per heavy atom. The number of rotatable bonds is 6. The number of benzene rings is 2. The summed E-state index contributed by atoms with van der Waals surface area (Å²) < 4.78 is 1.65. The summed E-state index contributed by atoms with van der Waals surface area (Å²) in [5.41, 5.74) is 3.77. The quantitative estimate of drug-likeness (QED) is 0.419. The van der Waals surface area contributed by atoms with Gasteiger partial charge in [-0.3, -0.25) is 24.2 Å². The zero-order chi connectivity index (χ0) is 25.1. The van der Waals surface area contributed by atoms with Gasteiger partial charge in [0.2, 0.25) is 0 Å². The van der Waals surface area contributed by atoms with Crippen LogP contribution in [0.2, 0.25) is 0 Å². The molecule has 1 fully saturated rings. The van der Waals surface area contributed by atoms with Gasteiger partial charge >= 0.3 is 0 Å². The zero-order valence-corrected chi connectivity index (χ0v) is 20.6. The van der Waals surface area contributed by atoms with Crippen LogP contribution in [-0.2, 0) is 13.5 Å². The molecule has 184 valence electrons. The van der Waals surface area contributed by atoms with Gasteiger partial charge in [0.05, 0.1) is 11.0 Å². The van der Waals surface area contributed by atoms with E-state index < -0.39 is 0 Å². The molecule has 0 bridgehead atoms. The molecular formula is C28H30N6O2. The Hall–Kier alpha value is -4.07. The molecule has 5 rings (SSSR count). The minimum atomic E-state index is -0.0766. The van der Waals surface area contributed by atoms with Gasteiger partial charge in [-0.25, -0.2) is 0 Å². The van der Waals surface area contributed by atoms with Gasteiger partial charge in [0.25, 0.3) is 11.8 Å². The molecular weight excluding hydrogens is 452 g/mol. The Bertz CT molecular complexity index is 1360. The molecule has 0 spiro atoms. The largest absolute Gasteiger partial charge is 0.339 e. The summed E-state index contributed by atoms with van der Waals surface area (Å²) in [5, 5.41) is 4.32. The lowest BCUT2D eigenvalue weighted by Crippen LogP contribution is -2.48. The number of likely N-dealkylation sites (N-methyl/N-ethyl adjacent to an activating group) is 1. The van der Waals surface area contributed by atoms with E-state index in [2.05, 4.69) is 27.2 Å². The van der Waals surface area contributed by atoms with Crippen LogP contribution < -0.4 is 0 Å². The summed E-state index contributed by atoms with van der Waals surface area (Å²) >= 11 is 0. The van der Waals surface area contributed by atoms with Gasteiger partial charge in [0.1, 0.15) is 5.69 Å². The maximum absolute atomic E-state index is 13.3. The second kappa shape index (κ2) is 10.3. The molecule has 0 saturated carbocycles. The van der Waals surface area contributed by atoms with Crippen molar-refractivity contribution in [3.8, 4) is 0 Å². The van der Waals surface area contributed by atoms with Gasteiger partial charge in [-0.2, -0.15) is 5.10 Å². The van der Waals surface area contributed by atoms with Crippen LogP contribution in [0.15, 0.2) is 73.2 Å². The third-order valence-electron chi connectivity index (χ3n) is 7.13. The highest BCUT2D eigenvalue weighted by Gasteiger charge is 2.33. The first kappa shape index (κ1) is 23.7. The topological polar surface area (TPSA) is 84.2 Å². The van der Waals surface area contributed by atoms with Crippen molar-refractivity contribution in [3.05, 3.63) is 90.0 Å². The van der Waals surface area contributed by atoms with E-state index in [1.807, 2.05) is 60.3 Å². The molecule has 0 unspecified atom stereocenters. The van der Waals surface area contributed by atoms with Gasteiger partial charge in [-0.15, -0.1) is 0 Å². The van der Waals surface area contributed by atoms with Crippen molar-refractivity contribution in [1.29, 1.82) is 0 Å². The molecule has 2 amide bonds. The Morgan fingerprint density at radius 1 is 1.00 bits per heavy atom. The Morgan fingerprint density at radius 3 is 2.42 bits per heavy atom. The lowest BCUT2D eigenvalue weighted by atomic mass is 9.84. The Balaban J connectivity index is 1.31. The average Bonchev–Trinajstić information content (AvgIpc) is 3.37. The van der Waals surface area contributed by atoms with E-state index in [9.17, 15) is 9.59 Å². The number of nitrogens with zero attached hydrogens (tertiary/aromatic N) is 6.